The molecule has 0 atom stereocenters. The summed E-state index contributed by atoms with van der Waals surface area (Å²) in [6, 6.07) is 6.13. The van der Waals surface area contributed by atoms with Crippen LogP contribution in [0.3, 0.4) is 0 Å². The average molecular weight is 290 g/mol. The number of carboxylic acids is 1. The number of nitrogens with one attached hydrogen (secondary N) is 2. The summed E-state index contributed by atoms with van der Waals surface area (Å²) in [4.78, 5) is 22.0. The van der Waals surface area contributed by atoms with Gasteiger partial charge in [-0.1, -0.05) is 23.8 Å². The van der Waals surface area contributed by atoms with Crippen LogP contribution in [-0.4, -0.2) is 30.2 Å². The van der Waals surface area contributed by atoms with Crippen molar-refractivity contribution in [2.45, 2.75) is 38.5 Å². The zero-order valence-electron chi connectivity index (χ0n) is 12.5. The molecule has 1 saturated carbocycles. The number of amides is 2. The Morgan fingerprint density at radius 2 is 1.95 bits per heavy atom. The molecular formula is C16H22N2O3. The molecule has 2 amide bonds. The second-order valence-corrected chi connectivity index (χ2v) is 5.85. The number of rotatable bonds is 6. The Morgan fingerprint density at radius 3 is 2.52 bits per heavy atom. The molecule has 1 aliphatic carbocycles. The van der Waals surface area contributed by atoms with E-state index in [1.165, 1.54) is 16.7 Å². The lowest BCUT2D eigenvalue weighted by Gasteiger charge is -2.19. The summed E-state index contributed by atoms with van der Waals surface area (Å²) in [7, 11) is 0. The van der Waals surface area contributed by atoms with Crippen molar-refractivity contribution >= 4 is 12.0 Å². The van der Waals surface area contributed by atoms with Gasteiger partial charge in [-0.3, -0.25) is 4.79 Å². The summed E-state index contributed by atoms with van der Waals surface area (Å²) in [5, 5.41) is 13.9. The second-order valence-electron chi connectivity index (χ2n) is 5.85. The Bertz CT molecular complexity index is 550. The van der Waals surface area contributed by atoms with Gasteiger partial charge >= 0.3 is 12.0 Å². The van der Waals surface area contributed by atoms with Crippen LogP contribution in [0, 0.1) is 13.8 Å². The second kappa shape index (κ2) is 6.16. The molecule has 0 bridgehead atoms. The van der Waals surface area contributed by atoms with Crippen LogP contribution in [0.15, 0.2) is 18.2 Å². The number of carboxylic acid groups (broad SMARTS) is 1. The van der Waals surface area contributed by atoms with E-state index in [0.29, 0.717) is 6.54 Å². The molecule has 114 valence electrons. The fraction of sp³-hybridized carbons (Fsp3) is 0.500. The van der Waals surface area contributed by atoms with Crippen LogP contribution in [0.2, 0.25) is 0 Å². The number of benzene rings is 1. The summed E-state index contributed by atoms with van der Waals surface area (Å²) >= 11 is 0. The highest BCUT2D eigenvalue weighted by Crippen LogP contribution is 2.48. The van der Waals surface area contributed by atoms with Gasteiger partial charge in [0, 0.05) is 18.5 Å². The Labute approximate surface area is 124 Å². The van der Waals surface area contributed by atoms with Gasteiger partial charge in [0.05, 0.1) is 6.42 Å². The topological polar surface area (TPSA) is 78.4 Å². The van der Waals surface area contributed by atoms with E-state index in [4.69, 9.17) is 5.11 Å². The van der Waals surface area contributed by atoms with Crippen molar-refractivity contribution in [3.63, 3.8) is 0 Å². The predicted octanol–water partition coefficient (Wildman–Crippen LogP) is 2.11. The zero-order chi connectivity index (χ0) is 15.5. The number of carbonyl (C=O) groups is 2. The van der Waals surface area contributed by atoms with Crippen LogP contribution in [0.25, 0.3) is 0 Å². The van der Waals surface area contributed by atoms with Crippen molar-refractivity contribution in [1.82, 2.24) is 10.6 Å². The minimum atomic E-state index is -0.913. The van der Waals surface area contributed by atoms with Gasteiger partial charge in [-0.2, -0.15) is 0 Å². The third-order valence-corrected chi connectivity index (χ3v) is 4.02. The van der Waals surface area contributed by atoms with Crippen LogP contribution in [-0.2, 0) is 10.2 Å². The van der Waals surface area contributed by atoms with Crippen LogP contribution in [0.5, 0.6) is 0 Å². The van der Waals surface area contributed by atoms with Gasteiger partial charge in [0.15, 0.2) is 0 Å². The summed E-state index contributed by atoms with van der Waals surface area (Å²) < 4.78 is 0. The lowest BCUT2D eigenvalue weighted by Crippen LogP contribution is -2.40. The molecule has 0 unspecified atom stereocenters. The molecule has 5 nitrogen and oxygen atoms in total. The number of urea groups is 1. The first kappa shape index (κ1) is 15.4. The normalized spacial score (nSPS) is 15.3. The van der Waals surface area contributed by atoms with Crippen molar-refractivity contribution in [1.29, 1.82) is 0 Å². The van der Waals surface area contributed by atoms with E-state index in [9.17, 15) is 9.59 Å². The lowest BCUT2D eigenvalue weighted by molar-refractivity contribution is -0.136. The highest BCUT2D eigenvalue weighted by molar-refractivity contribution is 5.75. The van der Waals surface area contributed by atoms with E-state index in [0.717, 1.165) is 12.8 Å². The SMILES string of the molecule is Cc1ccc(C2(CNC(=O)NCCC(=O)O)CC2)c(C)c1. The largest absolute Gasteiger partial charge is 0.481 e. The third kappa shape index (κ3) is 3.97. The van der Waals surface area contributed by atoms with Gasteiger partial charge in [0.25, 0.3) is 0 Å². The van der Waals surface area contributed by atoms with E-state index in [1.54, 1.807) is 0 Å². The van der Waals surface area contributed by atoms with E-state index in [-0.39, 0.29) is 24.4 Å². The van der Waals surface area contributed by atoms with E-state index >= 15 is 0 Å². The van der Waals surface area contributed by atoms with Crippen LogP contribution in [0.1, 0.15) is 36.0 Å². The number of hydrogen-bond donors (Lipinski definition) is 3. The first-order valence-corrected chi connectivity index (χ1v) is 7.24. The molecule has 5 heteroatoms. The molecule has 0 spiro atoms. The van der Waals surface area contributed by atoms with E-state index in [2.05, 4.69) is 42.7 Å². The molecule has 1 fully saturated rings. The number of carbonyl (C=O) groups excluding carboxylic acids is 1. The third-order valence-electron chi connectivity index (χ3n) is 4.02. The summed E-state index contributed by atoms with van der Waals surface area (Å²) in [5.41, 5.74) is 3.87. The zero-order valence-corrected chi connectivity index (χ0v) is 12.5. The average Bonchev–Trinajstić information content (AvgIpc) is 3.17. The maximum atomic E-state index is 11.7. The first-order valence-electron chi connectivity index (χ1n) is 7.24. The molecule has 1 aliphatic rings. The van der Waals surface area contributed by atoms with Crippen LogP contribution < -0.4 is 10.6 Å². The van der Waals surface area contributed by atoms with Gasteiger partial charge in [-0.05, 0) is 37.8 Å². The summed E-state index contributed by atoms with van der Waals surface area (Å²) in [6.45, 7) is 4.92. The number of aryl methyl sites for hydroxylation is 2. The molecule has 0 aromatic heterocycles. The quantitative estimate of drug-likeness (QED) is 0.751. The van der Waals surface area contributed by atoms with Crippen LogP contribution >= 0.6 is 0 Å². The molecule has 21 heavy (non-hydrogen) atoms. The summed E-state index contributed by atoms with van der Waals surface area (Å²) in [6.07, 6.45) is 2.09. The Kier molecular flexibility index (Phi) is 4.50. The maximum absolute atomic E-state index is 11.7. The molecule has 1 aromatic carbocycles. The maximum Gasteiger partial charge on any atom is 0.314 e. The minimum Gasteiger partial charge on any atom is -0.481 e. The van der Waals surface area contributed by atoms with E-state index in [1.807, 2.05) is 0 Å². The molecular weight excluding hydrogens is 268 g/mol. The van der Waals surface area contributed by atoms with Crippen molar-refractivity contribution in [3.05, 3.63) is 34.9 Å². The summed E-state index contributed by atoms with van der Waals surface area (Å²) in [5.74, 6) is -0.913. The Hall–Kier alpha value is -2.04. The fourth-order valence-corrected chi connectivity index (χ4v) is 2.70. The Balaban J connectivity index is 1.87. The standard InChI is InChI=1S/C16H22N2O3/c1-11-3-4-13(12(2)9-11)16(6-7-16)10-18-15(21)17-8-5-14(19)20/h3-4,9H,5-8,10H2,1-2H3,(H,19,20)(H2,17,18,21). The highest BCUT2D eigenvalue weighted by atomic mass is 16.4. The monoisotopic (exact) mass is 290 g/mol. The molecule has 0 heterocycles. The van der Waals surface area contributed by atoms with Crippen molar-refractivity contribution in [2.75, 3.05) is 13.1 Å². The highest BCUT2D eigenvalue weighted by Gasteiger charge is 2.45. The smallest absolute Gasteiger partial charge is 0.314 e. The number of hydrogen-bond acceptors (Lipinski definition) is 2. The minimum absolute atomic E-state index is 0.0575. The Morgan fingerprint density at radius 1 is 1.24 bits per heavy atom. The molecule has 0 aliphatic heterocycles. The van der Waals surface area contributed by atoms with Gasteiger partial charge in [-0.15, -0.1) is 0 Å². The number of aliphatic carboxylic acids is 1. The molecule has 1 aromatic rings. The van der Waals surface area contributed by atoms with Gasteiger partial charge in [0.2, 0.25) is 0 Å². The molecule has 0 saturated heterocycles. The van der Waals surface area contributed by atoms with Crippen LogP contribution in [0.4, 0.5) is 4.79 Å². The fourth-order valence-electron chi connectivity index (χ4n) is 2.70. The van der Waals surface area contributed by atoms with Crippen molar-refractivity contribution < 1.29 is 14.7 Å². The van der Waals surface area contributed by atoms with Gasteiger partial charge < -0.3 is 15.7 Å². The predicted molar refractivity (Wildman–Crippen MR) is 80.5 cm³/mol. The molecule has 3 N–H and O–H groups in total. The first-order chi connectivity index (χ1) is 9.93. The van der Waals surface area contributed by atoms with Gasteiger partial charge in [0.1, 0.15) is 0 Å². The van der Waals surface area contributed by atoms with Crippen molar-refractivity contribution in [2.24, 2.45) is 0 Å². The molecule has 0 radical (unpaired) electrons. The van der Waals surface area contributed by atoms with Crippen molar-refractivity contribution in [3.8, 4) is 0 Å². The van der Waals surface area contributed by atoms with E-state index < -0.39 is 5.97 Å². The molecule has 2 rings (SSSR count). The van der Waals surface area contributed by atoms with Gasteiger partial charge in [-0.25, -0.2) is 4.79 Å². The lowest BCUT2D eigenvalue weighted by atomic mass is 9.91.